The number of rotatable bonds is 7. The van der Waals surface area contributed by atoms with Crippen LogP contribution >= 0.6 is 0 Å². The van der Waals surface area contributed by atoms with Crippen molar-refractivity contribution in [3.8, 4) is 5.75 Å². The molecular formula is C29H29FN2O4. The number of benzene rings is 3. The summed E-state index contributed by atoms with van der Waals surface area (Å²) in [5, 5.41) is 11.3. The molecular weight excluding hydrogens is 459 g/mol. The topological polar surface area (TPSA) is 70.1 Å². The van der Waals surface area contributed by atoms with Gasteiger partial charge in [0.05, 0.1) is 24.3 Å². The number of carbonyl (C=O) groups is 2. The van der Waals surface area contributed by atoms with Crippen LogP contribution in [0.25, 0.3) is 5.76 Å². The number of Topliss-reactive ketones (excluding diaryl/α,β-unsaturated/α-hetero) is 1. The Kier molecular flexibility index (Phi) is 7.10. The minimum absolute atomic E-state index is 0.00552. The lowest BCUT2D eigenvalue weighted by atomic mass is 9.92. The Morgan fingerprint density at radius 2 is 1.69 bits per heavy atom. The zero-order valence-corrected chi connectivity index (χ0v) is 20.8. The van der Waals surface area contributed by atoms with Gasteiger partial charge in [-0.2, -0.15) is 0 Å². The van der Waals surface area contributed by atoms with E-state index in [1.165, 1.54) is 24.1 Å². The third-order valence-electron chi connectivity index (χ3n) is 6.60. The average Bonchev–Trinajstić information content (AvgIpc) is 3.15. The van der Waals surface area contributed by atoms with E-state index >= 15 is 0 Å². The van der Waals surface area contributed by atoms with Crippen LogP contribution in [0.2, 0.25) is 0 Å². The summed E-state index contributed by atoms with van der Waals surface area (Å²) >= 11 is 0. The van der Waals surface area contributed by atoms with Gasteiger partial charge in [0.1, 0.15) is 17.3 Å². The molecule has 3 aromatic rings. The Labute approximate surface area is 210 Å². The number of nitrogens with zero attached hydrogens (tertiary/aromatic N) is 2. The minimum atomic E-state index is -0.904. The third-order valence-corrected chi connectivity index (χ3v) is 6.60. The van der Waals surface area contributed by atoms with E-state index in [1.807, 2.05) is 43.3 Å². The molecule has 0 aromatic heterocycles. The number of halogens is 1. The molecule has 0 aliphatic carbocycles. The summed E-state index contributed by atoms with van der Waals surface area (Å²) in [6.07, 6.45) is 0. The second kappa shape index (κ2) is 10.2. The largest absolute Gasteiger partial charge is 0.507 e. The van der Waals surface area contributed by atoms with Crippen LogP contribution in [0.15, 0.2) is 72.3 Å². The van der Waals surface area contributed by atoms with Gasteiger partial charge in [-0.3, -0.25) is 14.5 Å². The Balaban J connectivity index is 1.93. The first-order valence-corrected chi connectivity index (χ1v) is 11.9. The van der Waals surface area contributed by atoms with Gasteiger partial charge in [0.2, 0.25) is 0 Å². The molecule has 7 heteroatoms. The molecule has 1 saturated heterocycles. The van der Waals surface area contributed by atoms with Crippen LogP contribution in [-0.2, 0) is 9.59 Å². The van der Waals surface area contributed by atoms with E-state index < -0.39 is 29.3 Å². The lowest BCUT2D eigenvalue weighted by Gasteiger charge is -2.28. The van der Waals surface area contributed by atoms with E-state index in [4.69, 9.17) is 4.74 Å². The van der Waals surface area contributed by atoms with Crippen LogP contribution in [0.5, 0.6) is 5.75 Å². The second-order valence-electron chi connectivity index (χ2n) is 8.56. The smallest absolute Gasteiger partial charge is 0.300 e. The molecule has 1 atom stereocenters. The quantitative estimate of drug-likeness (QED) is 0.266. The summed E-state index contributed by atoms with van der Waals surface area (Å²) in [5.41, 5.74) is 2.92. The van der Waals surface area contributed by atoms with Crippen LogP contribution < -0.4 is 14.5 Å². The van der Waals surface area contributed by atoms with Gasteiger partial charge in [0, 0.05) is 24.5 Å². The van der Waals surface area contributed by atoms with Crippen molar-refractivity contribution in [2.24, 2.45) is 0 Å². The number of anilines is 2. The Hall–Kier alpha value is -4.13. The fraction of sp³-hybridized carbons (Fsp3) is 0.241. The molecule has 1 N–H and O–H groups in total. The molecule has 0 spiro atoms. The first-order chi connectivity index (χ1) is 17.3. The zero-order valence-electron chi connectivity index (χ0n) is 20.8. The van der Waals surface area contributed by atoms with Crippen molar-refractivity contribution in [1.29, 1.82) is 0 Å². The van der Waals surface area contributed by atoms with Crippen molar-refractivity contribution >= 4 is 28.8 Å². The van der Waals surface area contributed by atoms with E-state index in [0.29, 0.717) is 11.3 Å². The number of hydrogen-bond acceptors (Lipinski definition) is 5. The highest BCUT2D eigenvalue weighted by molar-refractivity contribution is 6.51. The number of ether oxygens (including phenoxy) is 1. The maximum atomic E-state index is 14.1. The summed E-state index contributed by atoms with van der Waals surface area (Å²) in [6.45, 7) is 7.67. The predicted molar refractivity (Wildman–Crippen MR) is 139 cm³/mol. The maximum absolute atomic E-state index is 14.1. The van der Waals surface area contributed by atoms with E-state index in [1.54, 1.807) is 12.1 Å². The molecule has 1 unspecified atom stereocenters. The molecule has 4 rings (SSSR count). The van der Waals surface area contributed by atoms with Crippen molar-refractivity contribution < 1.29 is 23.8 Å². The van der Waals surface area contributed by atoms with Crippen molar-refractivity contribution in [2.45, 2.75) is 26.8 Å². The molecule has 1 heterocycles. The zero-order chi connectivity index (χ0) is 26.0. The minimum Gasteiger partial charge on any atom is -0.507 e. The van der Waals surface area contributed by atoms with Gasteiger partial charge in [-0.25, -0.2) is 4.39 Å². The molecule has 1 aliphatic rings. The van der Waals surface area contributed by atoms with Gasteiger partial charge in [-0.05, 0) is 74.4 Å². The molecule has 1 aliphatic heterocycles. The molecule has 1 fully saturated rings. The molecule has 3 aromatic carbocycles. The van der Waals surface area contributed by atoms with Gasteiger partial charge in [0.15, 0.2) is 0 Å². The third kappa shape index (κ3) is 4.33. The second-order valence-corrected chi connectivity index (χ2v) is 8.56. The number of methoxy groups -OCH3 is 1. The molecule has 6 nitrogen and oxygen atoms in total. The van der Waals surface area contributed by atoms with Gasteiger partial charge >= 0.3 is 0 Å². The first-order valence-electron chi connectivity index (χ1n) is 11.9. The average molecular weight is 489 g/mol. The van der Waals surface area contributed by atoms with Gasteiger partial charge < -0.3 is 14.7 Å². The highest BCUT2D eigenvalue weighted by Crippen LogP contribution is 2.44. The Bertz CT molecular complexity index is 1330. The SMILES string of the molecule is CCN(CC)c1ccc(N2C(=O)C(=O)/C(=C(/O)c3cc(F)ccc3OC)C2c2ccccc2C)cc1. The number of hydrogen-bond donors (Lipinski definition) is 1. The summed E-state index contributed by atoms with van der Waals surface area (Å²) in [6, 6.07) is 17.5. The van der Waals surface area contributed by atoms with Crippen LogP contribution in [0.1, 0.15) is 36.6 Å². The number of ketones is 1. The number of carbonyl (C=O) groups excluding carboxylic acids is 2. The maximum Gasteiger partial charge on any atom is 0.300 e. The summed E-state index contributed by atoms with van der Waals surface area (Å²) in [7, 11) is 1.39. The van der Waals surface area contributed by atoms with Crippen LogP contribution in [0.3, 0.4) is 0 Å². The number of aliphatic hydroxyl groups is 1. The van der Waals surface area contributed by atoms with Gasteiger partial charge in [-0.15, -0.1) is 0 Å². The Morgan fingerprint density at radius 1 is 1.03 bits per heavy atom. The molecule has 186 valence electrons. The van der Waals surface area contributed by atoms with E-state index in [2.05, 4.69) is 18.7 Å². The van der Waals surface area contributed by atoms with Crippen LogP contribution in [0, 0.1) is 12.7 Å². The van der Waals surface area contributed by atoms with Crippen molar-refractivity contribution in [3.63, 3.8) is 0 Å². The van der Waals surface area contributed by atoms with Crippen LogP contribution in [0.4, 0.5) is 15.8 Å². The molecule has 36 heavy (non-hydrogen) atoms. The predicted octanol–water partition coefficient (Wildman–Crippen LogP) is 5.62. The standard InChI is InChI=1S/C29H29FN2O4/c1-5-31(6-2)20-12-14-21(15-13-20)32-26(22-10-8-7-9-18(22)3)25(28(34)29(32)35)27(33)23-17-19(30)11-16-24(23)36-4/h7-17,26,33H,5-6H2,1-4H3/b27-25+. The fourth-order valence-electron chi connectivity index (χ4n) is 4.71. The van der Waals surface area contributed by atoms with Crippen molar-refractivity contribution in [2.75, 3.05) is 30.0 Å². The lowest BCUT2D eigenvalue weighted by Crippen LogP contribution is -2.30. The monoisotopic (exact) mass is 488 g/mol. The van der Waals surface area contributed by atoms with Gasteiger partial charge in [-0.1, -0.05) is 24.3 Å². The molecule has 0 saturated carbocycles. The number of aryl methyl sites for hydroxylation is 1. The van der Waals surface area contributed by atoms with E-state index in [-0.39, 0.29) is 16.9 Å². The fourth-order valence-corrected chi connectivity index (χ4v) is 4.71. The van der Waals surface area contributed by atoms with Crippen molar-refractivity contribution in [1.82, 2.24) is 0 Å². The lowest BCUT2D eigenvalue weighted by molar-refractivity contribution is -0.132. The molecule has 0 bridgehead atoms. The summed E-state index contributed by atoms with van der Waals surface area (Å²) in [4.78, 5) is 30.4. The normalized spacial score (nSPS) is 16.9. The van der Waals surface area contributed by atoms with Crippen molar-refractivity contribution in [3.05, 3.63) is 94.8 Å². The first kappa shape index (κ1) is 25.0. The highest BCUT2D eigenvalue weighted by atomic mass is 19.1. The number of aliphatic hydroxyl groups excluding tert-OH is 1. The highest BCUT2D eigenvalue weighted by Gasteiger charge is 2.47. The van der Waals surface area contributed by atoms with E-state index in [0.717, 1.165) is 30.4 Å². The molecule has 1 amide bonds. The Morgan fingerprint density at radius 3 is 2.31 bits per heavy atom. The summed E-state index contributed by atoms with van der Waals surface area (Å²) < 4.78 is 19.4. The van der Waals surface area contributed by atoms with Crippen LogP contribution in [-0.4, -0.2) is 37.0 Å². The molecule has 0 radical (unpaired) electrons. The van der Waals surface area contributed by atoms with E-state index in [9.17, 15) is 19.1 Å². The number of amides is 1. The summed E-state index contributed by atoms with van der Waals surface area (Å²) in [5.74, 6) is -2.52. The van der Waals surface area contributed by atoms with Gasteiger partial charge in [0.25, 0.3) is 11.7 Å².